The number of carbonyl (C=O) groups excluding carboxylic acids is 2. The first-order valence-electron chi connectivity index (χ1n) is 12.0. The summed E-state index contributed by atoms with van der Waals surface area (Å²) in [7, 11) is 1.84. The molecule has 0 bridgehead atoms. The second kappa shape index (κ2) is 7.94. The highest BCUT2D eigenvalue weighted by molar-refractivity contribution is 6.11. The highest BCUT2D eigenvalue weighted by atomic mass is 16.2. The third-order valence-electron chi connectivity index (χ3n) is 7.55. The summed E-state index contributed by atoms with van der Waals surface area (Å²) in [6, 6.07) is 17.6. The lowest BCUT2D eigenvalue weighted by molar-refractivity contribution is 0.0636. The summed E-state index contributed by atoms with van der Waals surface area (Å²) in [4.78, 5) is 41.9. The third-order valence-corrected chi connectivity index (χ3v) is 7.55. The van der Waals surface area contributed by atoms with E-state index in [0.29, 0.717) is 18.5 Å². The largest absolute Gasteiger partial charge is 0.350 e. The van der Waals surface area contributed by atoms with Gasteiger partial charge in [-0.3, -0.25) is 14.4 Å². The van der Waals surface area contributed by atoms with Gasteiger partial charge in [-0.25, -0.2) is 0 Å². The molecule has 1 aliphatic heterocycles. The van der Waals surface area contributed by atoms with Crippen LogP contribution in [0.2, 0.25) is 0 Å². The number of aromatic nitrogens is 1. The van der Waals surface area contributed by atoms with Crippen molar-refractivity contribution in [1.82, 2.24) is 9.47 Å². The van der Waals surface area contributed by atoms with Gasteiger partial charge in [0, 0.05) is 43.2 Å². The molecule has 1 aliphatic carbocycles. The number of amides is 1. The minimum absolute atomic E-state index is 0.0968. The molecule has 3 aromatic carbocycles. The number of ketones is 1. The van der Waals surface area contributed by atoms with Crippen LogP contribution in [0.5, 0.6) is 0 Å². The number of benzene rings is 3. The molecule has 2 aliphatic rings. The van der Waals surface area contributed by atoms with Crippen LogP contribution >= 0.6 is 0 Å². The molecular formula is C29H26N2O3. The van der Waals surface area contributed by atoms with Crippen molar-refractivity contribution in [2.24, 2.45) is 13.0 Å². The van der Waals surface area contributed by atoms with Crippen molar-refractivity contribution in [3.8, 4) is 0 Å². The summed E-state index contributed by atoms with van der Waals surface area (Å²) in [5.41, 5.74) is 4.09. The number of rotatable bonds is 3. The second-order valence-electron chi connectivity index (χ2n) is 9.57. The van der Waals surface area contributed by atoms with E-state index in [1.54, 1.807) is 17.2 Å². The van der Waals surface area contributed by atoms with Crippen LogP contribution in [-0.2, 0) is 19.9 Å². The van der Waals surface area contributed by atoms with Gasteiger partial charge in [-0.2, -0.15) is 0 Å². The van der Waals surface area contributed by atoms with E-state index in [0.717, 1.165) is 42.1 Å². The fourth-order valence-electron chi connectivity index (χ4n) is 5.82. The van der Waals surface area contributed by atoms with E-state index in [1.165, 1.54) is 16.5 Å². The van der Waals surface area contributed by atoms with Gasteiger partial charge in [0.2, 0.25) is 5.43 Å². The third kappa shape index (κ3) is 3.18. The molecule has 0 unspecified atom stereocenters. The molecule has 1 atom stereocenters. The van der Waals surface area contributed by atoms with Crippen molar-refractivity contribution in [2.75, 3.05) is 13.1 Å². The number of pyridine rings is 1. The fraction of sp³-hybridized carbons (Fsp3) is 0.276. The van der Waals surface area contributed by atoms with E-state index in [4.69, 9.17) is 0 Å². The van der Waals surface area contributed by atoms with Crippen molar-refractivity contribution in [2.45, 2.75) is 25.7 Å². The summed E-state index contributed by atoms with van der Waals surface area (Å²) in [5, 5.41) is 2.80. The predicted molar refractivity (Wildman–Crippen MR) is 134 cm³/mol. The number of fused-ring (bicyclic) bond motifs is 1. The number of likely N-dealkylation sites (tertiary alicyclic amines) is 1. The van der Waals surface area contributed by atoms with Crippen LogP contribution in [0, 0.1) is 5.92 Å². The van der Waals surface area contributed by atoms with E-state index in [1.807, 2.05) is 48.0 Å². The minimum atomic E-state index is -0.288. The van der Waals surface area contributed by atoms with Crippen molar-refractivity contribution in [1.29, 1.82) is 0 Å². The maximum atomic E-state index is 13.7. The Morgan fingerprint density at radius 1 is 0.882 bits per heavy atom. The van der Waals surface area contributed by atoms with Crippen molar-refractivity contribution in [3.05, 3.63) is 93.3 Å². The van der Waals surface area contributed by atoms with Gasteiger partial charge in [-0.15, -0.1) is 0 Å². The SMILES string of the molecule is Cn1cc(C(=O)N2CCC[C@H](C(=O)c3ccc4c5c(cccc35)CC4)C2)c(=O)c2ccccc21. The van der Waals surface area contributed by atoms with Gasteiger partial charge < -0.3 is 9.47 Å². The summed E-state index contributed by atoms with van der Waals surface area (Å²) >= 11 is 0. The van der Waals surface area contributed by atoms with Crippen molar-refractivity contribution in [3.63, 3.8) is 0 Å². The number of nitrogens with zero attached hydrogens (tertiary/aromatic N) is 2. The molecule has 4 aromatic rings. The van der Waals surface area contributed by atoms with Gasteiger partial charge in [0.15, 0.2) is 5.78 Å². The summed E-state index contributed by atoms with van der Waals surface area (Å²) in [5.74, 6) is -0.454. The van der Waals surface area contributed by atoms with E-state index >= 15 is 0 Å². The zero-order valence-electron chi connectivity index (χ0n) is 19.2. The minimum Gasteiger partial charge on any atom is -0.350 e. The molecule has 0 spiro atoms. The lowest BCUT2D eigenvalue weighted by Crippen LogP contribution is -2.43. The molecule has 6 rings (SSSR count). The van der Waals surface area contributed by atoms with Crippen LogP contribution in [0.25, 0.3) is 21.7 Å². The first kappa shape index (κ1) is 20.8. The number of hydrogen-bond acceptors (Lipinski definition) is 3. The molecule has 0 N–H and O–H groups in total. The number of aryl methyl sites for hydroxylation is 3. The standard InChI is InChI=1S/C29H26N2O3/c1-30-17-24(28(33)23-8-2-3-10-25(23)30)29(34)31-15-5-7-20(16-31)27(32)22-14-13-19-12-11-18-6-4-9-21(22)26(18)19/h2-4,6,8-10,13-14,17,20H,5,7,11-12,15-16H2,1H3/t20-/m0/s1. The molecule has 1 saturated heterocycles. The maximum Gasteiger partial charge on any atom is 0.259 e. The zero-order chi connectivity index (χ0) is 23.4. The molecule has 34 heavy (non-hydrogen) atoms. The summed E-state index contributed by atoms with van der Waals surface area (Å²) in [6.07, 6.45) is 5.17. The van der Waals surface area contributed by atoms with Gasteiger partial charge in [0.05, 0.1) is 5.52 Å². The van der Waals surface area contributed by atoms with Gasteiger partial charge in [0.1, 0.15) is 5.56 Å². The smallest absolute Gasteiger partial charge is 0.259 e. The number of carbonyl (C=O) groups is 2. The van der Waals surface area contributed by atoms with Crippen LogP contribution in [0.15, 0.2) is 65.6 Å². The van der Waals surface area contributed by atoms with Crippen LogP contribution in [0.3, 0.4) is 0 Å². The maximum absolute atomic E-state index is 13.7. The Morgan fingerprint density at radius 2 is 1.65 bits per heavy atom. The average molecular weight is 451 g/mol. The van der Waals surface area contributed by atoms with E-state index in [9.17, 15) is 14.4 Å². The Hall–Kier alpha value is -3.73. The van der Waals surface area contributed by atoms with Crippen molar-refractivity contribution < 1.29 is 9.59 Å². The molecule has 5 heteroatoms. The van der Waals surface area contributed by atoms with E-state index in [2.05, 4.69) is 12.1 Å². The van der Waals surface area contributed by atoms with E-state index in [-0.39, 0.29) is 28.6 Å². The Balaban J connectivity index is 1.31. The number of Topliss-reactive ketones (excluding diaryl/α,β-unsaturated/α-hetero) is 1. The number of para-hydroxylation sites is 1. The molecule has 1 amide bonds. The lowest BCUT2D eigenvalue weighted by atomic mass is 9.87. The Bertz CT molecular complexity index is 1540. The van der Waals surface area contributed by atoms with Crippen molar-refractivity contribution >= 4 is 33.4 Å². The number of hydrogen-bond donors (Lipinski definition) is 0. The molecular weight excluding hydrogens is 424 g/mol. The van der Waals surface area contributed by atoms with Gasteiger partial charge >= 0.3 is 0 Å². The highest BCUT2D eigenvalue weighted by Gasteiger charge is 2.32. The molecule has 170 valence electrons. The Kier molecular flexibility index (Phi) is 4.87. The number of piperidine rings is 1. The Labute approximate surface area is 197 Å². The topological polar surface area (TPSA) is 59.4 Å². The van der Waals surface area contributed by atoms with E-state index < -0.39 is 0 Å². The predicted octanol–water partition coefficient (Wildman–Crippen LogP) is 4.53. The fourth-order valence-corrected chi connectivity index (χ4v) is 5.82. The van der Waals surface area contributed by atoms with Crippen LogP contribution in [0.4, 0.5) is 0 Å². The normalized spacial score (nSPS) is 17.4. The molecule has 0 saturated carbocycles. The first-order valence-corrected chi connectivity index (χ1v) is 12.0. The zero-order valence-corrected chi connectivity index (χ0v) is 19.2. The monoisotopic (exact) mass is 450 g/mol. The molecule has 1 aromatic heterocycles. The van der Waals surface area contributed by atoms with Gasteiger partial charge in [-0.05, 0) is 59.7 Å². The molecule has 2 heterocycles. The molecule has 0 radical (unpaired) electrons. The van der Waals surface area contributed by atoms with Crippen LogP contribution < -0.4 is 5.43 Å². The Morgan fingerprint density at radius 3 is 2.50 bits per heavy atom. The average Bonchev–Trinajstić information content (AvgIpc) is 3.30. The molecule has 5 nitrogen and oxygen atoms in total. The first-order chi connectivity index (χ1) is 16.5. The summed E-state index contributed by atoms with van der Waals surface area (Å²) in [6.45, 7) is 0.902. The molecule has 1 fully saturated rings. The van der Waals surface area contributed by atoms with Gasteiger partial charge in [0.25, 0.3) is 5.91 Å². The van der Waals surface area contributed by atoms with Gasteiger partial charge in [-0.1, -0.05) is 42.5 Å². The second-order valence-corrected chi connectivity index (χ2v) is 9.57. The lowest BCUT2D eigenvalue weighted by Gasteiger charge is -2.32. The quantitative estimate of drug-likeness (QED) is 0.431. The highest BCUT2D eigenvalue weighted by Crippen LogP contribution is 2.34. The summed E-state index contributed by atoms with van der Waals surface area (Å²) < 4.78 is 1.82. The van der Waals surface area contributed by atoms with Crippen LogP contribution in [0.1, 0.15) is 44.7 Å². The van der Waals surface area contributed by atoms with Crippen LogP contribution in [-0.4, -0.2) is 34.2 Å².